The van der Waals surface area contributed by atoms with Gasteiger partial charge in [-0.15, -0.1) is 0 Å². The van der Waals surface area contributed by atoms with E-state index in [1.54, 1.807) is 19.1 Å². The fraction of sp³-hybridized carbons (Fsp3) is 0.462. The molecule has 0 aliphatic heterocycles. The maximum atomic E-state index is 12.8. The molecule has 0 radical (unpaired) electrons. The van der Waals surface area contributed by atoms with Gasteiger partial charge in [-0.3, -0.25) is 0 Å². The summed E-state index contributed by atoms with van der Waals surface area (Å²) in [4.78, 5) is 11.4. The smallest absolute Gasteiger partial charge is 0.329 e. The molecule has 1 aromatic rings. The lowest BCUT2D eigenvalue weighted by Crippen LogP contribution is -2.50. The summed E-state index contributed by atoms with van der Waals surface area (Å²) in [6, 6.07) is 5.75. The van der Waals surface area contributed by atoms with Crippen LogP contribution >= 0.6 is 0 Å². The summed E-state index contributed by atoms with van der Waals surface area (Å²) < 4.78 is 12.8. The molecule has 17 heavy (non-hydrogen) atoms. The molecule has 4 heteroatoms. The van der Waals surface area contributed by atoms with Crippen molar-refractivity contribution < 1.29 is 14.3 Å². The van der Waals surface area contributed by atoms with E-state index in [0.29, 0.717) is 5.69 Å². The van der Waals surface area contributed by atoms with Gasteiger partial charge in [0.15, 0.2) is 0 Å². The van der Waals surface area contributed by atoms with Crippen molar-refractivity contribution >= 4 is 11.7 Å². The average molecular weight is 237 g/mol. The molecule has 0 aromatic heterocycles. The molecule has 0 heterocycles. The minimum atomic E-state index is -1.01. The van der Waals surface area contributed by atoms with E-state index in [1.165, 1.54) is 12.1 Å². The molecule has 2 rings (SSSR count). The van der Waals surface area contributed by atoms with Gasteiger partial charge in [-0.1, -0.05) is 6.92 Å². The van der Waals surface area contributed by atoms with Crippen LogP contribution in [0.1, 0.15) is 26.7 Å². The summed E-state index contributed by atoms with van der Waals surface area (Å²) in [5.74, 6) is -1.20. The molecule has 0 spiro atoms. The fourth-order valence-corrected chi connectivity index (χ4v) is 1.97. The molecule has 2 N–H and O–H groups in total. The van der Waals surface area contributed by atoms with E-state index in [1.807, 2.05) is 6.92 Å². The number of anilines is 1. The molecule has 0 saturated heterocycles. The SMILES string of the molecule is CC1(C(C)(Nc2ccc(F)cc2)C(=O)O)CC1. The first-order valence-electron chi connectivity index (χ1n) is 5.65. The number of hydrogen-bond donors (Lipinski definition) is 2. The van der Waals surface area contributed by atoms with Gasteiger partial charge in [-0.25, -0.2) is 9.18 Å². The van der Waals surface area contributed by atoms with Gasteiger partial charge in [-0.05, 0) is 44.0 Å². The van der Waals surface area contributed by atoms with Crippen molar-refractivity contribution in [3.8, 4) is 0 Å². The van der Waals surface area contributed by atoms with Crippen molar-refractivity contribution in [2.75, 3.05) is 5.32 Å². The highest BCUT2D eigenvalue weighted by atomic mass is 19.1. The van der Waals surface area contributed by atoms with Crippen LogP contribution in [0.4, 0.5) is 10.1 Å². The number of rotatable bonds is 4. The Morgan fingerprint density at radius 3 is 2.35 bits per heavy atom. The molecule has 1 atom stereocenters. The number of carbonyl (C=O) groups is 1. The Hall–Kier alpha value is -1.58. The summed E-state index contributed by atoms with van der Waals surface area (Å²) in [7, 11) is 0. The van der Waals surface area contributed by atoms with Crippen molar-refractivity contribution in [1.29, 1.82) is 0 Å². The molecule has 1 saturated carbocycles. The maximum absolute atomic E-state index is 12.8. The lowest BCUT2D eigenvalue weighted by Gasteiger charge is -2.33. The van der Waals surface area contributed by atoms with Crippen LogP contribution in [0, 0.1) is 11.2 Å². The second kappa shape index (κ2) is 3.72. The Bertz CT molecular complexity index is 439. The monoisotopic (exact) mass is 237 g/mol. The van der Waals surface area contributed by atoms with Gasteiger partial charge in [0.05, 0.1) is 0 Å². The molecule has 0 amide bonds. The van der Waals surface area contributed by atoms with Crippen LogP contribution in [0.3, 0.4) is 0 Å². The van der Waals surface area contributed by atoms with Crippen molar-refractivity contribution in [2.45, 2.75) is 32.2 Å². The summed E-state index contributed by atoms with van der Waals surface area (Å²) in [6.45, 7) is 3.64. The topological polar surface area (TPSA) is 49.3 Å². The van der Waals surface area contributed by atoms with Gasteiger partial charge in [0, 0.05) is 11.1 Å². The number of halogens is 1. The Labute approximate surface area is 99.7 Å². The van der Waals surface area contributed by atoms with Crippen LogP contribution in [-0.2, 0) is 4.79 Å². The molecule has 1 aliphatic rings. The van der Waals surface area contributed by atoms with E-state index >= 15 is 0 Å². The van der Waals surface area contributed by atoms with Crippen molar-refractivity contribution in [3.63, 3.8) is 0 Å². The highest BCUT2D eigenvalue weighted by Crippen LogP contribution is 2.54. The van der Waals surface area contributed by atoms with Crippen molar-refractivity contribution in [1.82, 2.24) is 0 Å². The van der Waals surface area contributed by atoms with Crippen LogP contribution in [0.25, 0.3) is 0 Å². The number of nitrogens with one attached hydrogen (secondary N) is 1. The van der Waals surface area contributed by atoms with Gasteiger partial charge in [0.25, 0.3) is 0 Å². The first kappa shape index (κ1) is 11.9. The van der Waals surface area contributed by atoms with Gasteiger partial charge in [-0.2, -0.15) is 0 Å². The zero-order valence-corrected chi connectivity index (χ0v) is 9.96. The van der Waals surface area contributed by atoms with E-state index in [9.17, 15) is 14.3 Å². The minimum absolute atomic E-state index is 0.229. The Kier molecular flexibility index (Phi) is 2.60. The Morgan fingerprint density at radius 2 is 1.94 bits per heavy atom. The molecule has 0 bridgehead atoms. The second-order valence-corrected chi connectivity index (χ2v) is 5.12. The number of benzene rings is 1. The van der Waals surface area contributed by atoms with E-state index in [2.05, 4.69) is 5.32 Å². The predicted molar refractivity (Wildman–Crippen MR) is 63.4 cm³/mol. The van der Waals surface area contributed by atoms with Gasteiger partial charge in [0.1, 0.15) is 11.4 Å². The molecular weight excluding hydrogens is 221 g/mol. The van der Waals surface area contributed by atoms with Crippen LogP contribution in [-0.4, -0.2) is 16.6 Å². The standard InChI is InChI=1S/C13H16FNO2/c1-12(7-8-12)13(2,11(16)17)15-10-5-3-9(14)4-6-10/h3-6,15H,7-8H2,1-2H3,(H,16,17). The number of aliphatic carboxylic acids is 1. The lowest BCUT2D eigenvalue weighted by molar-refractivity contribution is -0.144. The summed E-state index contributed by atoms with van der Waals surface area (Å²) >= 11 is 0. The summed E-state index contributed by atoms with van der Waals surface area (Å²) in [5.41, 5.74) is -0.609. The molecule has 92 valence electrons. The third kappa shape index (κ3) is 1.99. The Morgan fingerprint density at radius 1 is 1.41 bits per heavy atom. The third-order valence-corrected chi connectivity index (χ3v) is 3.87. The minimum Gasteiger partial charge on any atom is -0.479 e. The number of carboxylic acid groups (broad SMARTS) is 1. The molecule has 3 nitrogen and oxygen atoms in total. The Balaban J connectivity index is 2.25. The highest BCUT2D eigenvalue weighted by molar-refractivity contribution is 5.84. The van der Waals surface area contributed by atoms with E-state index in [-0.39, 0.29) is 11.2 Å². The summed E-state index contributed by atoms with van der Waals surface area (Å²) in [5, 5.41) is 12.4. The molecular formula is C13H16FNO2. The third-order valence-electron chi connectivity index (χ3n) is 3.87. The summed E-state index contributed by atoms with van der Waals surface area (Å²) in [6.07, 6.45) is 1.79. The average Bonchev–Trinajstić information content (AvgIpc) is 3.01. The first-order chi connectivity index (χ1) is 7.87. The predicted octanol–water partition coefficient (Wildman–Crippen LogP) is 2.88. The lowest BCUT2D eigenvalue weighted by atomic mass is 9.83. The fourth-order valence-electron chi connectivity index (χ4n) is 1.97. The van der Waals surface area contributed by atoms with E-state index < -0.39 is 11.5 Å². The molecule has 1 fully saturated rings. The zero-order chi connectivity index (χ0) is 12.7. The van der Waals surface area contributed by atoms with Crippen LogP contribution < -0.4 is 5.32 Å². The van der Waals surface area contributed by atoms with E-state index in [4.69, 9.17) is 0 Å². The number of hydrogen-bond acceptors (Lipinski definition) is 2. The largest absolute Gasteiger partial charge is 0.479 e. The van der Waals surface area contributed by atoms with Crippen LogP contribution in [0.2, 0.25) is 0 Å². The van der Waals surface area contributed by atoms with Gasteiger partial charge in [0.2, 0.25) is 0 Å². The molecule has 1 aliphatic carbocycles. The second-order valence-electron chi connectivity index (χ2n) is 5.12. The maximum Gasteiger partial charge on any atom is 0.329 e. The normalized spacial score (nSPS) is 20.4. The van der Waals surface area contributed by atoms with Crippen molar-refractivity contribution in [2.24, 2.45) is 5.41 Å². The van der Waals surface area contributed by atoms with Gasteiger partial charge >= 0.3 is 5.97 Å². The van der Waals surface area contributed by atoms with Crippen LogP contribution in [0.15, 0.2) is 24.3 Å². The molecule has 1 unspecified atom stereocenters. The number of carboxylic acids is 1. The highest BCUT2D eigenvalue weighted by Gasteiger charge is 2.57. The first-order valence-corrected chi connectivity index (χ1v) is 5.65. The van der Waals surface area contributed by atoms with Crippen molar-refractivity contribution in [3.05, 3.63) is 30.1 Å². The van der Waals surface area contributed by atoms with Crippen LogP contribution in [0.5, 0.6) is 0 Å². The van der Waals surface area contributed by atoms with E-state index in [0.717, 1.165) is 12.8 Å². The quantitative estimate of drug-likeness (QED) is 0.846. The molecule has 1 aromatic carbocycles. The van der Waals surface area contributed by atoms with Gasteiger partial charge < -0.3 is 10.4 Å². The zero-order valence-electron chi connectivity index (χ0n) is 9.96.